The third-order valence-corrected chi connectivity index (χ3v) is 4.83. The van der Waals surface area contributed by atoms with E-state index in [4.69, 9.17) is 0 Å². The molecular weight excluding hydrogens is 282 g/mol. The first-order valence-corrected chi connectivity index (χ1v) is 7.99. The van der Waals surface area contributed by atoms with Gasteiger partial charge < -0.3 is 4.57 Å². The summed E-state index contributed by atoms with van der Waals surface area (Å²) in [6.07, 6.45) is 2.76. The number of hydrogen-bond donors (Lipinski definition) is 1. The van der Waals surface area contributed by atoms with Crippen LogP contribution in [0.4, 0.5) is 0 Å². The molecule has 1 N–H and O–H groups in total. The van der Waals surface area contributed by atoms with Crippen LogP contribution in [-0.2, 0) is 24.1 Å². The molecule has 0 aliphatic carbocycles. The highest BCUT2D eigenvalue weighted by Crippen LogP contribution is 2.07. The SMILES string of the molecule is CCC(CC)CNS(=O)(=O)c1cn(C)c(=O)n(C)c1=O. The van der Waals surface area contributed by atoms with Gasteiger partial charge in [0, 0.05) is 26.8 Å². The van der Waals surface area contributed by atoms with Crippen molar-refractivity contribution in [3.05, 3.63) is 27.0 Å². The van der Waals surface area contributed by atoms with Crippen molar-refractivity contribution in [1.29, 1.82) is 0 Å². The van der Waals surface area contributed by atoms with Gasteiger partial charge in [0.15, 0.2) is 4.90 Å². The number of aryl methyl sites for hydroxylation is 1. The first-order valence-electron chi connectivity index (χ1n) is 6.50. The fourth-order valence-corrected chi connectivity index (χ4v) is 3.12. The zero-order valence-corrected chi connectivity index (χ0v) is 13.0. The average Bonchev–Trinajstić information content (AvgIpc) is 2.41. The molecule has 0 bridgehead atoms. The van der Waals surface area contributed by atoms with Gasteiger partial charge in [-0.25, -0.2) is 17.9 Å². The minimum Gasteiger partial charge on any atom is -0.302 e. The van der Waals surface area contributed by atoms with Gasteiger partial charge >= 0.3 is 5.69 Å². The van der Waals surface area contributed by atoms with Gasteiger partial charge in [0.25, 0.3) is 5.56 Å². The van der Waals surface area contributed by atoms with Gasteiger partial charge in [0.2, 0.25) is 10.0 Å². The number of sulfonamides is 1. The van der Waals surface area contributed by atoms with Crippen molar-refractivity contribution in [3.8, 4) is 0 Å². The van der Waals surface area contributed by atoms with E-state index >= 15 is 0 Å². The maximum Gasteiger partial charge on any atom is 0.330 e. The van der Waals surface area contributed by atoms with Crippen LogP contribution >= 0.6 is 0 Å². The van der Waals surface area contributed by atoms with Crippen LogP contribution in [0.1, 0.15) is 26.7 Å². The highest BCUT2D eigenvalue weighted by atomic mass is 32.2. The molecule has 0 fully saturated rings. The summed E-state index contributed by atoms with van der Waals surface area (Å²) in [7, 11) is -1.25. The second-order valence-corrected chi connectivity index (χ2v) is 6.52. The average molecular weight is 303 g/mol. The van der Waals surface area contributed by atoms with Crippen LogP contribution in [0.15, 0.2) is 20.7 Å². The third-order valence-electron chi connectivity index (χ3n) is 3.42. The summed E-state index contributed by atoms with van der Waals surface area (Å²) in [6.45, 7) is 4.24. The number of aromatic nitrogens is 2. The Balaban J connectivity index is 3.18. The number of rotatable bonds is 6. The molecule has 0 atom stereocenters. The van der Waals surface area contributed by atoms with Gasteiger partial charge in [-0.15, -0.1) is 0 Å². The molecule has 1 heterocycles. The predicted octanol–water partition coefficient (Wildman–Crippen LogP) is -0.201. The van der Waals surface area contributed by atoms with Crippen molar-refractivity contribution in [3.63, 3.8) is 0 Å². The zero-order chi connectivity index (χ0) is 15.5. The molecule has 114 valence electrons. The molecule has 0 radical (unpaired) electrons. The van der Waals surface area contributed by atoms with Crippen LogP contribution in [0.5, 0.6) is 0 Å². The Hall–Kier alpha value is -1.41. The van der Waals surface area contributed by atoms with Crippen molar-refractivity contribution >= 4 is 10.0 Å². The Labute approximate surface area is 118 Å². The Kier molecular flexibility index (Phi) is 5.29. The summed E-state index contributed by atoms with van der Waals surface area (Å²) in [6, 6.07) is 0. The third kappa shape index (κ3) is 3.37. The van der Waals surface area contributed by atoms with Gasteiger partial charge in [-0.3, -0.25) is 9.36 Å². The lowest BCUT2D eigenvalue weighted by atomic mass is 10.0. The molecule has 0 aliphatic heterocycles. The summed E-state index contributed by atoms with van der Waals surface area (Å²) in [5.41, 5.74) is -1.38. The van der Waals surface area contributed by atoms with E-state index in [0.29, 0.717) is 0 Å². The van der Waals surface area contributed by atoms with E-state index in [0.717, 1.165) is 28.2 Å². The minimum absolute atomic E-state index is 0.223. The topological polar surface area (TPSA) is 90.2 Å². The second kappa shape index (κ2) is 6.36. The lowest BCUT2D eigenvalue weighted by Crippen LogP contribution is -2.42. The lowest BCUT2D eigenvalue weighted by molar-refractivity contribution is 0.478. The van der Waals surface area contributed by atoms with Crippen LogP contribution in [0, 0.1) is 5.92 Å². The number of hydrogen-bond acceptors (Lipinski definition) is 4. The van der Waals surface area contributed by atoms with Crippen molar-refractivity contribution in [2.45, 2.75) is 31.6 Å². The van der Waals surface area contributed by atoms with E-state index in [1.165, 1.54) is 14.1 Å². The van der Waals surface area contributed by atoms with Crippen LogP contribution in [0.3, 0.4) is 0 Å². The van der Waals surface area contributed by atoms with Crippen LogP contribution in [0.2, 0.25) is 0 Å². The minimum atomic E-state index is -3.91. The van der Waals surface area contributed by atoms with Crippen molar-refractivity contribution < 1.29 is 8.42 Å². The normalized spacial score (nSPS) is 12.1. The van der Waals surface area contributed by atoms with E-state index in [1.54, 1.807) is 0 Å². The monoisotopic (exact) mass is 303 g/mol. The van der Waals surface area contributed by atoms with E-state index in [1.807, 2.05) is 13.8 Å². The summed E-state index contributed by atoms with van der Waals surface area (Å²) in [5, 5.41) is 0. The second-order valence-electron chi connectivity index (χ2n) is 4.79. The fraction of sp³-hybridized carbons (Fsp3) is 0.667. The zero-order valence-electron chi connectivity index (χ0n) is 12.2. The standard InChI is InChI=1S/C12H21N3O4S/c1-5-9(6-2)7-13-20(18,19)10-8-14(3)12(17)15(4)11(10)16/h8-9,13H,5-7H2,1-4H3. The molecule has 8 heteroatoms. The molecule has 20 heavy (non-hydrogen) atoms. The smallest absolute Gasteiger partial charge is 0.302 e. The van der Waals surface area contributed by atoms with Crippen molar-refractivity contribution in [2.75, 3.05) is 6.54 Å². The Morgan fingerprint density at radius 1 is 1.20 bits per heavy atom. The molecule has 0 aliphatic rings. The first-order chi connectivity index (χ1) is 9.24. The van der Waals surface area contributed by atoms with E-state index < -0.39 is 26.2 Å². The molecule has 1 aromatic heterocycles. The van der Waals surface area contributed by atoms with Gasteiger partial charge in [0.1, 0.15) is 0 Å². The molecule has 0 spiro atoms. The highest BCUT2D eigenvalue weighted by molar-refractivity contribution is 7.89. The maximum absolute atomic E-state index is 12.2. The molecule has 0 aromatic carbocycles. The lowest BCUT2D eigenvalue weighted by Gasteiger charge is -2.14. The summed E-state index contributed by atoms with van der Waals surface area (Å²) in [5.74, 6) is 0.223. The Morgan fingerprint density at radius 2 is 1.75 bits per heavy atom. The largest absolute Gasteiger partial charge is 0.330 e. The molecule has 0 saturated heterocycles. The quantitative estimate of drug-likeness (QED) is 0.788. The predicted molar refractivity (Wildman–Crippen MR) is 76.2 cm³/mol. The fourth-order valence-electron chi connectivity index (χ4n) is 1.84. The summed E-state index contributed by atoms with van der Waals surface area (Å²) in [4.78, 5) is 23.0. The van der Waals surface area contributed by atoms with Gasteiger partial charge in [-0.05, 0) is 5.92 Å². The van der Waals surface area contributed by atoms with E-state index in [9.17, 15) is 18.0 Å². The van der Waals surface area contributed by atoms with Crippen LogP contribution in [-0.4, -0.2) is 24.1 Å². The van der Waals surface area contributed by atoms with Crippen molar-refractivity contribution in [1.82, 2.24) is 13.9 Å². The Bertz CT molecular complexity index is 684. The summed E-state index contributed by atoms with van der Waals surface area (Å²) >= 11 is 0. The molecule has 0 saturated carbocycles. The summed E-state index contributed by atoms with van der Waals surface area (Å²) < 4.78 is 28.6. The molecule has 0 amide bonds. The van der Waals surface area contributed by atoms with Gasteiger partial charge in [-0.1, -0.05) is 26.7 Å². The maximum atomic E-state index is 12.2. The molecule has 0 unspecified atom stereocenters. The van der Waals surface area contributed by atoms with Gasteiger partial charge in [-0.2, -0.15) is 0 Å². The molecule has 1 rings (SSSR count). The molecule has 1 aromatic rings. The number of nitrogens with one attached hydrogen (secondary N) is 1. The number of nitrogens with zero attached hydrogens (tertiary/aromatic N) is 2. The molecular formula is C12H21N3O4S. The van der Waals surface area contributed by atoms with Crippen LogP contribution in [0.25, 0.3) is 0 Å². The Morgan fingerprint density at radius 3 is 2.25 bits per heavy atom. The van der Waals surface area contributed by atoms with Crippen molar-refractivity contribution in [2.24, 2.45) is 20.0 Å². The van der Waals surface area contributed by atoms with E-state index in [2.05, 4.69) is 4.72 Å². The van der Waals surface area contributed by atoms with Crippen LogP contribution < -0.4 is 16.0 Å². The van der Waals surface area contributed by atoms with E-state index in [-0.39, 0.29) is 12.5 Å². The highest BCUT2D eigenvalue weighted by Gasteiger charge is 2.21. The molecule has 7 nitrogen and oxygen atoms in total. The van der Waals surface area contributed by atoms with Gasteiger partial charge in [0.05, 0.1) is 0 Å². The first kappa shape index (κ1) is 16.6.